The lowest BCUT2D eigenvalue weighted by molar-refractivity contribution is -0.134. The highest BCUT2D eigenvalue weighted by atomic mass is 16.5. The van der Waals surface area contributed by atoms with Gasteiger partial charge in [0, 0.05) is 31.6 Å². The Labute approximate surface area is 130 Å². The van der Waals surface area contributed by atoms with E-state index in [1.54, 1.807) is 7.11 Å². The molecule has 120 valence electrons. The van der Waals surface area contributed by atoms with E-state index in [0.29, 0.717) is 19.1 Å². The number of methoxy groups -OCH3 is 1. The van der Waals surface area contributed by atoms with Gasteiger partial charge in [0.05, 0.1) is 19.3 Å². The van der Waals surface area contributed by atoms with E-state index in [4.69, 9.17) is 14.2 Å². The molecule has 2 aliphatic rings. The van der Waals surface area contributed by atoms with Crippen LogP contribution >= 0.6 is 0 Å². The molecule has 1 saturated carbocycles. The van der Waals surface area contributed by atoms with E-state index >= 15 is 0 Å². The molecule has 1 aliphatic heterocycles. The molecule has 1 aliphatic carbocycles. The molecule has 0 unspecified atom stereocenters. The molecule has 1 saturated heterocycles. The summed E-state index contributed by atoms with van der Waals surface area (Å²) in [6, 6.07) is 10.0. The quantitative estimate of drug-likeness (QED) is 0.826. The molecule has 0 bridgehead atoms. The number of fused-ring (bicyclic) bond motifs is 1. The first kappa shape index (κ1) is 15.5. The summed E-state index contributed by atoms with van der Waals surface area (Å²) in [5.41, 5.74) is 1.07. The fourth-order valence-corrected chi connectivity index (χ4v) is 3.50. The first-order chi connectivity index (χ1) is 10.8. The molecule has 0 spiro atoms. The minimum atomic E-state index is -0.0626. The Morgan fingerprint density at radius 2 is 2.18 bits per heavy atom. The van der Waals surface area contributed by atoms with Crippen molar-refractivity contribution in [1.29, 1.82) is 0 Å². The van der Waals surface area contributed by atoms with Crippen LogP contribution in [0.15, 0.2) is 30.3 Å². The van der Waals surface area contributed by atoms with Gasteiger partial charge in [-0.3, -0.25) is 4.79 Å². The van der Waals surface area contributed by atoms with Crippen LogP contribution in [0.2, 0.25) is 0 Å². The molecule has 1 aromatic carbocycles. The number of ether oxygens (including phenoxy) is 3. The van der Waals surface area contributed by atoms with Crippen LogP contribution in [0.4, 0.5) is 0 Å². The Morgan fingerprint density at radius 3 is 2.95 bits per heavy atom. The van der Waals surface area contributed by atoms with E-state index in [-0.39, 0.29) is 30.6 Å². The number of amides is 1. The summed E-state index contributed by atoms with van der Waals surface area (Å²) < 4.78 is 16.4. The van der Waals surface area contributed by atoms with Crippen molar-refractivity contribution in [2.75, 3.05) is 26.9 Å². The molecular formula is C17H23NO4. The van der Waals surface area contributed by atoms with Gasteiger partial charge in [-0.2, -0.15) is 0 Å². The molecule has 5 heteroatoms. The summed E-state index contributed by atoms with van der Waals surface area (Å²) in [5, 5.41) is 3.09. The molecule has 1 N–H and O–H groups in total. The molecule has 0 radical (unpaired) electrons. The fourth-order valence-electron chi connectivity index (χ4n) is 3.50. The molecule has 5 nitrogen and oxygen atoms in total. The van der Waals surface area contributed by atoms with Gasteiger partial charge in [0.15, 0.2) is 0 Å². The Bertz CT molecular complexity index is 493. The maximum atomic E-state index is 12.1. The van der Waals surface area contributed by atoms with Crippen LogP contribution in [0.1, 0.15) is 12.0 Å². The van der Waals surface area contributed by atoms with E-state index < -0.39 is 0 Å². The van der Waals surface area contributed by atoms with E-state index in [9.17, 15) is 4.79 Å². The van der Waals surface area contributed by atoms with Crippen molar-refractivity contribution < 1.29 is 19.0 Å². The van der Waals surface area contributed by atoms with Crippen molar-refractivity contribution in [1.82, 2.24) is 5.32 Å². The third kappa shape index (κ3) is 3.32. The van der Waals surface area contributed by atoms with Crippen LogP contribution in [0.3, 0.4) is 0 Å². The van der Waals surface area contributed by atoms with Crippen molar-refractivity contribution in [3.63, 3.8) is 0 Å². The zero-order chi connectivity index (χ0) is 15.4. The van der Waals surface area contributed by atoms with Crippen molar-refractivity contribution in [3.8, 4) is 0 Å². The molecular weight excluding hydrogens is 282 g/mol. The Hall–Kier alpha value is -1.43. The van der Waals surface area contributed by atoms with Crippen LogP contribution in [-0.2, 0) is 25.6 Å². The number of carbonyl (C=O) groups excluding carboxylic acids is 1. The number of rotatable bonds is 7. The highest BCUT2D eigenvalue weighted by Gasteiger charge is 2.54. The van der Waals surface area contributed by atoms with Crippen molar-refractivity contribution in [2.45, 2.75) is 25.2 Å². The minimum absolute atomic E-state index is 0.0626. The zero-order valence-electron chi connectivity index (χ0n) is 12.9. The molecule has 2 fully saturated rings. The van der Waals surface area contributed by atoms with Gasteiger partial charge in [-0.15, -0.1) is 0 Å². The third-order valence-electron chi connectivity index (χ3n) is 4.56. The molecule has 1 amide bonds. The van der Waals surface area contributed by atoms with Gasteiger partial charge in [0.2, 0.25) is 5.91 Å². The SMILES string of the molecule is COC[C@H]1[C@@H](NC(=O)COCc2ccccc2)[C@H]2CCO[C@H]21. The smallest absolute Gasteiger partial charge is 0.246 e. The van der Waals surface area contributed by atoms with Crippen LogP contribution in [-0.4, -0.2) is 45.0 Å². The van der Waals surface area contributed by atoms with E-state index in [1.165, 1.54) is 0 Å². The number of carbonyl (C=O) groups is 1. The van der Waals surface area contributed by atoms with Crippen LogP contribution in [0.5, 0.6) is 0 Å². The van der Waals surface area contributed by atoms with Crippen molar-refractivity contribution >= 4 is 5.91 Å². The first-order valence-electron chi connectivity index (χ1n) is 7.81. The maximum Gasteiger partial charge on any atom is 0.246 e. The Balaban J connectivity index is 1.43. The Morgan fingerprint density at radius 1 is 1.36 bits per heavy atom. The maximum absolute atomic E-state index is 12.1. The molecule has 4 atom stereocenters. The standard InChI is InChI=1S/C17H23NO4/c1-20-10-14-16(13-7-8-22-17(13)14)18-15(19)11-21-9-12-5-3-2-4-6-12/h2-6,13-14,16-17H,7-11H2,1H3,(H,18,19)/t13-,14+,16+,17-/m1/s1. The van der Waals surface area contributed by atoms with E-state index in [0.717, 1.165) is 18.6 Å². The number of hydrogen-bond donors (Lipinski definition) is 1. The summed E-state index contributed by atoms with van der Waals surface area (Å²) in [6.07, 6.45) is 1.26. The summed E-state index contributed by atoms with van der Waals surface area (Å²) >= 11 is 0. The average Bonchev–Trinajstić information content (AvgIpc) is 2.96. The molecule has 3 rings (SSSR count). The van der Waals surface area contributed by atoms with E-state index in [2.05, 4.69) is 5.32 Å². The van der Waals surface area contributed by atoms with Gasteiger partial charge in [-0.25, -0.2) is 0 Å². The monoisotopic (exact) mass is 305 g/mol. The van der Waals surface area contributed by atoms with Crippen molar-refractivity contribution in [3.05, 3.63) is 35.9 Å². The normalized spacial score (nSPS) is 29.7. The molecule has 1 aromatic rings. The summed E-state index contributed by atoms with van der Waals surface area (Å²) in [7, 11) is 1.68. The largest absolute Gasteiger partial charge is 0.384 e. The Kier molecular flexibility index (Phi) is 5.08. The van der Waals surface area contributed by atoms with Gasteiger partial charge in [-0.05, 0) is 12.0 Å². The summed E-state index contributed by atoms with van der Waals surface area (Å²) in [5.74, 6) is 0.626. The molecule has 0 aromatic heterocycles. The fraction of sp³-hybridized carbons (Fsp3) is 0.588. The zero-order valence-corrected chi connectivity index (χ0v) is 12.9. The number of nitrogens with one attached hydrogen (secondary N) is 1. The highest BCUT2D eigenvalue weighted by Crippen LogP contribution is 2.43. The summed E-state index contributed by atoms with van der Waals surface area (Å²) in [6.45, 7) is 1.95. The van der Waals surface area contributed by atoms with Crippen molar-refractivity contribution in [2.24, 2.45) is 11.8 Å². The summed E-state index contributed by atoms with van der Waals surface area (Å²) in [4.78, 5) is 12.1. The van der Waals surface area contributed by atoms with Gasteiger partial charge in [0.25, 0.3) is 0 Å². The van der Waals surface area contributed by atoms with Crippen LogP contribution < -0.4 is 5.32 Å². The second kappa shape index (κ2) is 7.22. The third-order valence-corrected chi connectivity index (χ3v) is 4.56. The average molecular weight is 305 g/mol. The van der Waals surface area contributed by atoms with Gasteiger partial charge < -0.3 is 19.5 Å². The predicted molar refractivity (Wildman–Crippen MR) is 81.2 cm³/mol. The van der Waals surface area contributed by atoms with Gasteiger partial charge in [0.1, 0.15) is 6.61 Å². The predicted octanol–water partition coefficient (Wildman–Crippen LogP) is 1.37. The highest BCUT2D eigenvalue weighted by molar-refractivity contribution is 5.77. The number of hydrogen-bond acceptors (Lipinski definition) is 4. The second-order valence-electron chi connectivity index (χ2n) is 5.98. The number of benzene rings is 1. The second-order valence-corrected chi connectivity index (χ2v) is 5.98. The first-order valence-corrected chi connectivity index (χ1v) is 7.81. The topological polar surface area (TPSA) is 56.8 Å². The van der Waals surface area contributed by atoms with E-state index in [1.807, 2.05) is 30.3 Å². The van der Waals surface area contributed by atoms with Crippen LogP contribution in [0.25, 0.3) is 0 Å². The molecule has 1 heterocycles. The van der Waals surface area contributed by atoms with Crippen LogP contribution in [0, 0.1) is 11.8 Å². The van der Waals surface area contributed by atoms with Gasteiger partial charge in [-0.1, -0.05) is 30.3 Å². The lowest BCUT2D eigenvalue weighted by atomic mass is 9.67. The lowest BCUT2D eigenvalue weighted by Gasteiger charge is -2.47. The molecule has 22 heavy (non-hydrogen) atoms. The van der Waals surface area contributed by atoms with Gasteiger partial charge >= 0.3 is 0 Å². The minimum Gasteiger partial charge on any atom is -0.384 e. The lowest BCUT2D eigenvalue weighted by Crippen LogP contribution is -2.63.